The number of hydrogen-bond acceptors (Lipinski definition) is 4. The number of aromatic nitrogens is 4. The lowest BCUT2D eigenvalue weighted by Crippen LogP contribution is -2.34. The molecule has 0 spiro atoms. The molecule has 3 N–H and O–H groups in total. The van der Waals surface area contributed by atoms with Crippen LogP contribution in [0.2, 0.25) is 0 Å². The number of amides is 1. The zero-order chi connectivity index (χ0) is 18.8. The molecule has 0 saturated carbocycles. The van der Waals surface area contributed by atoms with E-state index < -0.39 is 0 Å². The van der Waals surface area contributed by atoms with E-state index in [4.69, 9.17) is 12.2 Å². The zero-order valence-electron chi connectivity index (χ0n) is 14.4. The summed E-state index contributed by atoms with van der Waals surface area (Å²) in [5.41, 5.74) is 2.30. The molecular formula is C19H17N5O2S. The van der Waals surface area contributed by atoms with Crippen LogP contribution in [-0.4, -0.2) is 32.0 Å². The number of rotatable bonds is 5. The molecule has 27 heavy (non-hydrogen) atoms. The molecule has 4 aromatic rings. The Labute approximate surface area is 159 Å². The first-order valence-corrected chi connectivity index (χ1v) is 8.94. The van der Waals surface area contributed by atoms with Crippen molar-refractivity contribution in [3.8, 4) is 0 Å². The van der Waals surface area contributed by atoms with Crippen LogP contribution in [0, 0.1) is 4.77 Å². The smallest absolute Gasteiger partial charge is 0.264 e. The van der Waals surface area contributed by atoms with Crippen molar-refractivity contribution in [1.29, 1.82) is 0 Å². The molecule has 0 saturated heterocycles. The van der Waals surface area contributed by atoms with Gasteiger partial charge in [-0.05, 0) is 42.4 Å². The fourth-order valence-corrected chi connectivity index (χ4v) is 3.35. The highest BCUT2D eigenvalue weighted by Crippen LogP contribution is 2.17. The van der Waals surface area contributed by atoms with E-state index >= 15 is 0 Å². The lowest BCUT2D eigenvalue weighted by molar-refractivity contribution is -0.121. The first-order valence-electron chi connectivity index (χ1n) is 8.53. The van der Waals surface area contributed by atoms with Gasteiger partial charge in [0.1, 0.15) is 12.2 Å². The summed E-state index contributed by atoms with van der Waals surface area (Å²) < 4.78 is 1.43. The molecule has 0 radical (unpaired) electrons. The maximum absolute atomic E-state index is 12.5. The lowest BCUT2D eigenvalue weighted by Gasteiger charge is -2.08. The van der Waals surface area contributed by atoms with E-state index in [0.717, 1.165) is 16.5 Å². The van der Waals surface area contributed by atoms with Crippen molar-refractivity contribution in [3.63, 3.8) is 0 Å². The van der Waals surface area contributed by atoms with Crippen molar-refractivity contribution in [1.82, 2.24) is 24.8 Å². The van der Waals surface area contributed by atoms with Gasteiger partial charge in [0.05, 0.1) is 5.39 Å². The summed E-state index contributed by atoms with van der Waals surface area (Å²) >= 11 is 5.20. The van der Waals surface area contributed by atoms with Crippen molar-refractivity contribution < 1.29 is 4.79 Å². The third kappa shape index (κ3) is 3.39. The zero-order valence-corrected chi connectivity index (χ0v) is 15.2. The summed E-state index contributed by atoms with van der Waals surface area (Å²) in [5, 5.41) is 4.39. The maximum Gasteiger partial charge on any atom is 0.264 e. The van der Waals surface area contributed by atoms with Crippen LogP contribution in [0.1, 0.15) is 5.56 Å². The predicted octanol–water partition coefficient (Wildman–Crippen LogP) is 2.29. The van der Waals surface area contributed by atoms with Crippen LogP contribution in [0.5, 0.6) is 0 Å². The van der Waals surface area contributed by atoms with Crippen LogP contribution >= 0.6 is 12.2 Å². The topological polar surface area (TPSA) is 95.6 Å². The van der Waals surface area contributed by atoms with Crippen molar-refractivity contribution in [3.05, 3.63) is 69.5 Å². The van der Waals surface area contributed by atoms with Crippen molar-refractivity contribution in [2.24, 2.45) is 0 Å². The van der Waals surface area contributed by atoms with Gasteiger partial charge < -0.3 is 15.3 Å². The molecule has 1 aromatic carbocycles. The van der Waals surface area contributed by atoms with Gasteiger partial charge in [-0.2, -0.15) is 0 Å². The Balaban J connectivity index is 1.45. The Morgan fingerprint density at radius 3 is 2.89 bits per heavy atom. The van der Waals surface area contributed by atoms with E-state index in [9.17, 15) is 9.59 Å². The highest BCUT2D eigenvalue weighted by molar-refractivity contribution is 7.71. The number of hydrogen-bond donors (Lipinski definition) is 3. The number of nitrogens with one attached hydrogen (secondary N) is 3. The number of aromatic amines is 2. The first kappa shape index (κ1) is 17.2. The minimum atomic E-state index is -0.325. The molecule has 3 aromatic heterocycles. The number of pyridine rings is 1. The second-order valence-corrected chi connectivity index (χ2v) is 6.57. The second kappa shape index (κ2) is 7.16. The number of benzene rings is 1. The average Bonchev–Trinajstić information content (AvgIpc) is 3.08. The second-order valence-electron chi connectivity index (χ2n) is 6.18. The van der Waals surface area contributed by atoms with Crippen molar-refractivity contribution in [2.75, 3.05) is 6.54 Å². The normalized spacial score (nSPS) is 11.1. The Morgan fingerprint density at radius 1 is 1.19 bits per heavy atom. The molecule has 1 amide bonds. The number of carbonyl (C=O) groups is 1. The summed E-state index contributed by atoms with van der Waals surface area (Å²) in [6.07, 6.45) is 4.22. The minimum Gasteiger partial charge on any atom is -0.361 e. The van der Waals surface area contributed by atoms with Gasteiger partial charge in [0.2, 0.25) is 5.91 Å². The van der Waals surface area contributed by atoms with Gasteiger partial charge in [-0.3, -0.25) is 14.2 Å². The van der Waals surface area contributed by atoms with Gasteiger partial charge in [-0.15, -0.1) is 0 Å². The average molecular weight is 379 g/mol. The minimum absolute atomic E-state index is 0.132. The van der Waals surface area contributed by atoms with Crippen LogP contribution in [0.15, 0.2) is 53.6 Å². The first-order chi connectivity index (χ1) is 13.1. The molecular weight excluding hydrogens is 362 g/mol. The van der Waals surface area contributed by atoms with Crippen molar-refractivity contribution >= 4 is 40.1 Å². The van der Waals surface area contributed by atoms with Gasteiger partial charge in [-0.1, -0.05) is 18.2 Å². The Bertz CT molecular complexity index is 1250. The van der Waals surface area contributed by atoms with Crippen molar-refractivity contribution in [2.45, 2.75) is 13.0 Å². The largest absolute Gasteiger partial charge is 0.361 e. The molecule has 136 valence electrons. The summed E-state index contributed by atoms with van der Waals surface area (Å²) in [7, 11) is 0. The van der Waals surface area contributed by atoms with E-state index in [-0.39, 0.29) is 22.8 Å². The van der Waals surface area contributed by atoms with Gasteiger partial charge in [0, 0.05) is 29.8 Å². The predicted molar refractivity (Wildman–Crippen MR) is 106 cm³/mol. The highest BCUT2D eigenvalue weighted by Gasteiger charge is 2.10. The van der Waals surface area contributed by atoms with E-state index in [1.54, 1.807) is 18.3 Å². The molecule has 3 heterocycles. The number of carbonyl (C=O) groups excluding carboxylic acids is 1. The third-order valence-electron chi connectivity index (χ3n) is 4.45. The van der Waals surface area contributed by atoms with E-state index in [1.165, 1.54) is 4.57 Å². The van der Waals surface area contributed by atoms with Crippen LogP contribution in [0.25, 0.3) is 21.9 Å². The van der Waals surface area contributed by atoms with Gasteiger partial charge >= 0.3 is 0 Å². The standard InChI is InChI=1S/C19H17N5O2S/c25-16(20-9-7-12-10-22-15-6-2-1-4-13(12)15)11-24-18(26)14-5-3-8-21-17(14)23-19(24)27/h1-6,8,10,22H,7,9,11H2,(H,20,25)(H,21,23,27). The molecule has 0 aliphatic carbocycles. The summed E-state index contributed by atoms with van der Waals surface area (Å²) in [6.45, 7) is 0.341. The SMILES string of the molecule is O=C(Cn1c(=S)[nH]c2ncccc2c1=O)NCCc1c[nH]c2ccccc12. The van der Waals surface area contributed by atoms with Crippen LogP contribution < -0.4 is 10.9 Å². The van der Waals surface area contributed by atoms with Crippen LogP contribution in [0.4, 0.5) is 0 Å². The Kier molecular flexibility index (Phi) is 4.55. The van der Waals surface area contributed by atoms with E-state index in [1.807, 2.05) is 30.5 Å². The highest BCUT2D eigenvalue weighted by atomic mass is 32.1. The number of nitrogens with zero attached hydrogens (tertiary/aromatic N) is 2. The molecule has 7 nitrogen and oxygen atoms in total. The lowest BCUT2D eigenvalue weighted by atomic mass is 10.1. The fraction of sp³-hybridized carbons (Fsp3) is 0.158. The summed E-state index contributed by atoms with van der Waals surface area (Å²) in [5.74, 6) is -0.264. The summed E-state index contributed by atoms with van der Waals surface area (Å²) in [6, 6.07) is 11.4. The van der Waals surface area contributed by atoms with Crippen LogP contribution in [-0.2, 0) is 17.8 Å². The quantitative estimate of drug-likeness (QED) is 0.464. The number of para-hydroxylation sites is 1. The molecule has 0 aliphatic rings. The third-order valence-corrected chi connectivity index (χ3v) is 4.77. The number of H-pyrrole nitrogens is 2. The molecule has 0 fully saturated rings. The maximum atomic E-state index is 12.5. The Morgan fingerprint density at radius 2 is 2.00 bits per heavy atom. The molecule has 4 rings (SSSR count). The van der Waals surface area contributed by atoms with Crippen LogP contribution in [0.3, 0.4) is 0 Å². The van der Waals surface area contributed by atoms with Gasteiger partial charge in [-0.25, -0.2) is 4.98 Å². The Hall–Kier alpha value is -3.26. The molecule has 8 heteroatoms. The summed E-state index contributed by atoms with van der Waals surface area (Å²) in [4.78, 5) is 35.0. The van der Waals surface area contributed by atoms with E-state index in [2.05, 4.69) is 20.3 Å². The molecule has 0 atom stereocenters. The van der Waals surface area contributed by atoms with Gasteiger partial charge in [0.25, 0.3) is 5.56 Å². The molecule has 0 unspecified atom stereocenters. The monoisotopic (exact) mass is 379 g/mol. The number of fused-ring (bicyclic) bond motifs is 2. The van der Waals surface area contributed by atoms with E-state index in [0.29, 0.717) is 24.0 Å². The molecule has 0 aliphatic heterocycles. The molecule has 0 bridgehead atoms. The van der Waals surface area contributed by atoms with Gasteiger partial charge in [0.15, 0.2) is 4.77 Å². The fourth-order valence-electron chi connectivity index (χ4n) is 3.10.